The number of aromatic amines is 1. The summed E-state index contributed by atoms with van der Waals surface area (Å²) in [7, 11) is 0. The molecule has 1 N–H and O–H groups in total. The molecule has 3 rings (SSSR count). The van der Waals surface area contributed by atoms with E-state index in [4.69, 9.17) is 0 Å². The second kappa shape index (κ2) is 6.61. The minimum atomic E-state index is 0. The van der Waals surface area contributed by atoms with Gasteiger partial charge in [0.15, 0.2) is 0 Å². The molecule has 0 aliphatic heterocycles. The molecule has 0 fully saturated rings. The second-order valence-corrected chi connectivity index (χ2v) is 3.66. The summed E-state index contributed by atoms with van der Waals surface area (Å²) in [6, 6.07) is 8.57. The smallest absolute Gasteiger partial charge is 1.00 e. The van der Waals surface area contributed by atoms with Crippen molar-refractivity contribution in [2.75, 3.05) is 0 Å². The molecule has 1 aliphatic carbocycles. The Balaban J connectivity index is 0.000000750. The Morgan fingerprint density at radius 2 is 1.88 bits per heavy atom. The van der Waals surface area contributed by atoms with Crippen LogP contribution >= 0.6 is 0 Å². The zero-order valence-corrected chi connectivity index (χ0v) is 11.8. The number of fused-ring (bicyclic) bond motifs is 3. The van der Waals surface area contributed by atoms with E-state index in [-0.39, 0.29) is 46.5 Å². The van der Waals surface area contributed by atoms with E-state index in [9.17, 15) is 0 Å². The Hall–Kier alpha value is -0.0757. The minimum absolute atomic E-state index is 0. The van der Waals surface area contributed by atoms with Gasteiger partial charge in [-0.15, -0.1) is 12.1 Å². The monoisotopic (exact) mass is 288 g/mol. The quantitative estimate of drug-likeness (QED) is 0.395. The van der Waals surface area contributed by atoms with Crippen LogP contribution in [0.15, 0.2) is 24.3 Å². The van der Waals surface area contributed by atoms with Crippen LogP contribution in [0.25, 0.3) is 10.9 Å². The summed E-state index contributed by atoms with van der Waals surface area (Å²) >= 11 is 0. The molecule has 1 aliphatic rings. The Bertz CT molecular complexity index is 453. The normalized spacial score (nSPS) is 12.5. The van der Waals surface area contributed by atoms with E-state index in [2.05, 4.69) is 35.7 Å². The number of hydrogen-bond acceptors (Lipinski definition) is 0. The van der Waals surface area contributed by atoms with E-state index in [0.717, 1.165) is 0 Å². The first kappa shape index (κ1) is 15.9. The van der Waals surface area contributed by atoms with Crippen LogP contribution in [0, 0.1) is 6.42 Å². The molecule has 83 valence electrons. The number of nitrogens with one attached hydrogen (secondary N) is 1. The number of hydrogen-bond donors (Lipinski definition) is 1. The van der Waals surface area contributed by atoms with Crippen LogP contribution in [0.4, 0.5) is 0 Å². The number of para-hydroxylation sites is 1. The van der Waals surface area contributed by atoms with Crippen LogP contribution in [0.3, 0.4) is 0 Å². The van der Waals surface area contributed by atoms with Crippen LogP contribution in [0.5, 0.6) is 0 Å². The number of aryl methyl sites for hydroxylation is 1. The summed E-state index contributed by atoms with van der Waals surface area (Å²) in [6.45, 7) is 0. The van der Waals surface area contributed by atoms with E-state index < -0.39 is 0 Å². The average Bonchev–Trinajstić information content (AvgIpc) is 2.56. The van der Waals surface area contributed by atoms with Crippen molar-refractivity contribution in [3.63, 3.8) is 0 Å². The Morgan fingerprint density at radius 1 is 1.12 bits per heavy atom. The van der Waals surface area contributed by atoms with Crippen LogP contribution in [-0.2, 0) is 28.1 Å². The molecule has 0 atom stereocenters. The van der Waals surface area contributed by atoms with Crippen molar-refractivity contribution in [1.82, 2.24) is 4.98 Å². The molecule has 1 aromatic carbocycles. The molecule has 16 heavy (non-hydrogen) atoms. The van der Waals surface area contributed by atoms with Gasteiger partial charge in [-0.1, -0.05) is 36.4 Å². The third-order valence-electron chi connectivity index (χ3n) is 2.83. The van der Waals surface area contributed by atoms with Crippen molar-refractivity contribution in [2.45, 2.75) is 19.3 Å². The molecule has 1 radical (unpaired) electrons. The molecule has 0 unspecified atom stereocenters. The van der Waals surface area contributed by atoms with Gasteiger partial charge in [0.2, 0.25) is 0 Å². The number of halogens is 2. The predicted molar refractivity (Wildman–Crippen MR) is 54.6 cm³/mol. The minimum Gasteiger partial charge on any atom is -1.00 e. The van der Waals surface area contributed by atoms with Gasteiger partial charge in [0.25, 0.3) is 0 Å². The summed E-state index contributed by atoms with van der Waals surface area (Å²) in [6.07, 6.45) is 6.07. The molecule has 4 heteroatoms. The number of H-pyrrole nitrogens is 1. The van der Waals surface area contributed by atoms with Gasteiger partial charge in [0, 0.05) is 5.52 Å². The number of rotatable bonds is 0. The van der Waals surface area contributed by atoms with Crippen LogP contribution < -0.4 is 24.8 Å². The van der Waals surface area contributed by atoms with Crippen molar-refractivity contribution in [3.8, 4) is 0 Å². The fraction of sp³-hybridized carbons (Fsp3) is 0.250. The first-order valence-corrected chi connectivity index (χ1v) is 4.88. The average molecular weight is 289 g/mol. The van der Waals surface area contributed by atoms with E-state index in [1.165, 1.54) is 41.4 Å². The molecule has 0 saturated heterocycles. The molecule has 1 heterocycles. The van der Waals surface area contributed by atoms with Crippen molar-refractivity contribution >= 4 is 10.9 Å². The molecule has 2 aromatic rings. The fourth-order valence-corrected chi connectivity index (χ4v) is 2.19. The maximum atomic E-state index is 3.46. The molecular formula is C12H12Cl2NTi. The molecule has 0 amide bonds. The molecule has 0 saturated carbocycles. The summed E-state index contributed by atoms with van der Waals surface area (Å²) in [5, 5.41) is 1.41. The summed E-state index contributed by atoms with van der Waals surface area (Å²) in [5.74, 6) is 0. The van der Waals surface area contributed by atoms with E-state index in [0.29, 0.717) is 0 Å². The standard InChI is InChI=1S/C12H12N.2ClH.Ti/c1-3-7-11-9(5-1)10-6-2-4-8-12(10)13-11;;;/h1,3,5,7-8,13H,2,4,6H2;2*1H;/q-1;;;+3/p-2. The van der Waals surface area contributed by atoms with Crippen LogP contribution in [0.1, 0.15) is 24.1 Å². The fourth-order valence-electron chi connectivity index (χ4n) is 2.19. The molecule has 1 nitrogen and oxygen atoms in total. The van der Waals surface area contributed by atoms with Gasteiger partial charge in [-0.3, -0.25) is 0 Å². The van der Waals surface area contributed by atoms with E-state index in [1.54, 1.807) is 0 Å². The summed E-state index contributed by atoms with van der Waals surface area (Å²) in [4.78, 5) is 3.46. The Kier molecular flexibility index (Phi) is 6.58. The zero-order valence-electron chi connectivity index (χ0n) is 8.76. The Labute approximate surface area is 123 Å². The maximum Gasteiger partial charge on any atom is 3.00 e. The topological polar surface area (TPSA) is 15.8 Å². The summed E-state index contributed by atoms with van der Waals surface area (Å²) in [5.41, 5.74) is 4.15. The second-order valence-electron chi connectivity index (χ2n) is 3.66. The van der Waals surface area contributed by atoms with Gasteiger partial charge in [-0.2, -0.15) is 5.56 Å². The van der Waals surface area contributed by atoms with Crippen LogP contribution in [0.2, 0.25) is 0 Å². The maximum absolute atomic E-state index is 3.46. The van der Waals surface area contributed by atoms with Gasteiger partial charge in [-0.25, -0.2) is 6.42 Å². The third kappa shape index (κ3) is 2.60. The van der Waals surface area contributed by atoms with E-state index in [1.807, 2.05) is 0 Å². The molecule has 1 aromatic heterocycles. The molecule has 0 bridgehead atoms. The molecule has 0 spiro atoms. The van der Waals surface area contributed by atoms with Crippen molar-refractivity contribution < 1.29 is 46.5 Å². The third-order valence-corrected chi connectivity index (χ3v) is 2.83. The summed E-state index contributed by atoms with van der Waals surface area (Å²) < 4.78 is 0. The van der Waals surface area contributed by atoms with Crippen molar-refractivity contribution in [2.24, 2.45) is 0 Å². The van der Waals surface area contributed by atoms with Gasteiger partial charge in [0.05, 0.1) is 0 Å². The molecular weight excluding hydrogens is 277 g/mol. The zero-order chi connectivity index (χ0) is 8.67. The van der Waals surface area contributed by atoms with Gasteiger partial charge >= 0.3 is 21.7 Å². The van der Waals surface area contributed by atoms with Crippen LogP contribution in [-0.4, -0.2) is 4.98 Å². The van der Waals surface area contributed by atoms with Gasteiger partial charge < -0.3 is 29.8 Å². The first-order chi connectivity index (χ1) is 6.45. The van der Waals surface area contributed by atoms with Crippen molar-refractivity contribution in [3.05, 3.63) is 41.9 Å². The van der Waals surface area contributed by atoms with Crippen molar-refractivity contribution in [1.29, 1.82) is 0 Å². The number of benzene rings is 1. The predicted octanol–water partition coefficient (Wildman–Crippen LogP) is -2.94. The Morgan fingerprint density at radius 3 is 2.69 bits per heavy atom. The van der Waals surface area contributed by atoms with Gasteiger partial charge in [-0.05, 0) is 6.07 Å². The SMILES string of the molecule is [Cl-].[Cl-].[Ti+3].c1ccc2c3c([nH]c2c1)[CH-]CCC3. The van der Waals surface area contributed by atoms with Gasteiger partial charge in [0.1, 0.15) is 0 Å². The van der Waals surface area contributed by atoms with E-state index >= 15 is 0 Å². The number of aromatic nitrogens is 1. The first-order valence-electron chi connectivity index (χ1n) is 4.88. The largest absolute Gasteiger partial charge is 3.00 e.